The van der Waals surface area contributed by atoms with Crippen LogP contribution in [0.3, 0.4) is 0 Å². The van der Waals surface area contributed by atoms with Gasteiger partial charge in [0.2, 0.25) is 0 Å². The van der Waals surface area contributed by atoms with Gasteiger partial charge in [0.15, 0.2) is 11.5 Å². The van der Waals surface area contributed by atoms with E-state index >= 15 is 0 Å². The molecule has 1 amide bonds. The third kappa shape index (κ3) is 4.35. The van der Waals surface area contributed by atoms with Gasteiger partial charge in [-0.3, -0.25) is 0 Å². The number of hydrogen-bond donors (Lipinski definition) is 3. The van der Waals surface area contributed by atoms with Crippen LogP contribution in [0.15, 0.2) is 48.6 Å². The van der Waals surface area contributed by atoms with Crippen molar-refractivity contribution in [3.63, 3.8) is 0 Å². The highest BCUT2D eigenvalue weighted by molar-refractivity contribution is 5.80. The lowest BCUT2D eigenvalue weighted by atomic mass is 9.69. The number of phenols is 1. The number of nitrogens with one attached hydrogen (secondary N) is 1. The van der Waals surface area contributed by atoms with Crippen molar-refractivity contribution in [1.29, 1.82) is 0 Å². The second kappa shape index (κ2) is 9.39. The SMILES string of the molecule is COc1ccc2c3c1O[C@H]1C[C@@H](OC(=O)N[C@H](Cc4ccc(O)cc4)C(=O)O)C=CC31CCN(C)C2. The first-order chi connectivity index (χ1) is 17.3. The molecule has 9 heteroatoms. The molecule has 2 heterocycles. The Labute approximate surface area is 209 Å². The molecular weight excluding hydrogens is 464 g/mol. The van der Waals surface area contributed by atoms with Gasteiger partial charge in [-0.05, 0) is 55.4 Å². The number of aliphatic carboxylic acids is 1. The number of amides is 1. The molecule has 4 atom stereocenters. The first-order valence-electron chi connectivity index (χ1n) is 12.0. The standard InChI is InChI=1S/C27H30N2O7/c1-29-12-11-27-10-9-19(14-22(27)36-24-21(34-2)8-5-17(15-29)23(24)27)35-26(33)28-20(25(31)32)13-16-3-6-18(30)7-4-16/h3-10,19-20,22,30H,11-15H2,1-2H3,(H,28,33)(H,31,32)/t19-,20+,22-,27?/m0/s1. The first kappa shape index (κ1) is 24.0. The number of hydrogen-bond acceptors (Lipinski definition) is 7. The monoisotopic (exact) mass is 494 g/mol. The maximum Gasteiger partial charge on any atom is 0.408 e. The molecule has 2 aliphatic heterocycles. The number of benzene rings is 2. The van der Waals surface area contributed by atoms with Gasteiger partial charge in [0, 0.05) is 24.9 Å². The normalized spacial score (nSPS) is 25.1. The molecule has 1 unspecified atom stereocenters. The van der Waals surface area contributed by atoms with Crippen LogP contribution in [0.4, 0.5) is 4.79 Å². The van der Waals surface area contributed by atoms with Gasteiger partial charge in [0.1, 0.15) is 24.0 Å². The Morgan fingerprint density at radius 2 is 2.03 bits per heavy atom. The van der Waals surface area contributed by atoms with E-state index in [2.05, 4.69) is 29.4 Å². The molecule has 0 radical (unpaired) electrons. The molecule has 36 heavy (non-hydrogen) atoms. The van der Waals surface area contributed by atoms with Gasteiger partial charge in [-0.2, -0.15) is 0 Å². The Balaban J connectivity index is 1.31. The number of carboxylic acid groups (broad SMARTS) is 1. The minimum atomic E-state index is -1.17. The molecule has 190 valence electrons. The van der Waals surface area contributed by atoms with Crippen molar-refractivity contribution < 1.29 is 34.0 Å². The van der Waals surface area contributed by atoms with Crippen molar-refractivity contribution in [1.82, 2.24) is 10.2 Å². The number of alkyl carbamates (subject to hydrolysis) is 1. The van der Waals surface area contributed by atoms with Crippen LogP contribution in [0.1, 0.15) is 29.5 Å². The van der Waals surface area contributed by atoms with E-state index in [-0.39, 0.29) is 23.7 Å². The predicted molar refractivity (Wildman–Crippen MR) is 130 cm³/mol. The van der Waals surface area contributed by atoms with E-state index in [4.69, 9.17) is 14.2 Å². The van der Waals surface area contributed by atoms with Crippen LogP contribution in [0.2, 0.25) is 0 Å². The summed E-state index contributed by atoms with van der Waals surface area (Å²) >= 11 is 0. The van der Waals surface area contributed by atoms with Crippen LogP contribution in [0.25, 0.3) is 0 Å². The topological polar surface area (TPSA) is 118 Å². The lowest BCUT2D eigenvalue weighted by Gasteiger charge is -2.36. The average molecular weight is 495 g/mol. The number of phenolic OH excluding ortho intramolecular Hbond substituents is 1. The molecule has 1 spiro atoms. The van der Waals surface area contributed by atoms with Crippen LogP contribution >= 0.6 is 0 Å². The van der Waals surface area contributed by atoms with Gasteiger partial charge >= 0.3 is 12.1 Å². The molecule has 0 fully saturated rings. The number of methoxy groups -OCH3 is 1. The fraction of sp³-hybridized carbons (Fsp3) is 0.407. The van der Waals surface area contributed by atoms with Crippen LogP contribution in [-0.4, -0.2) is 66.1 Å². The molecule has 2 aromatic rings. The molecule has 0 saturated carbocycles. The summed E-state index contributed by atoms with van der Waals surface area (Å²) in [7, 11) is 3.73. The van der Waals surface area contributed by atoms with Crippen LogP contribution in [0.5, 0.6) is 17.2 Å². The van der Waals surface area contributed by atoms with E-state index in [0.717, 1.165) is 30.8 Å². The first-order valence-corrected chi connectivity index (χ1v) is 12.0. The highest BCUT2D eigenvalue weighted by atomic mass is 16.6. The Kier molecular flexibility index (Phi) is 6.26. The Morgan fingerprint density at radius 1 is 1.25 bits per heavy atom. The molecule has 3 aliphatic rings. The summed E-state index contributed by atoms with van der Waals surface area (Å²) in [5.41, 5.74) is 2.69. The van der Waals surface area contributed by atoms with Gasteiger partial charge in [-0.15, -0.1) is 0 Å². The maximum atomic E-state index is 12.7. The molecule has 1 aliphatic carbocycles. The number of rotatable bonds is 6. The molecule has 0 bridgehead atoms. The van der Waals surface area contributed by atoms with E-state index in [1.807, 2.05) is 12.1 Å². The molecule has 2 aromatic carbocycles. The van der Waals surface area contributed by atoms with Crippen molar-refractivity contribution in [2.45, 2.75) is 49.5 Å². The third-order valence-electron chi connectivity index (χ3n) is 7.35. The summed E-state index contributed by atoms with van der Waals surface area (Å²) in [6, 6.07) is 9.03. The highest BCUT2D eigenvalue weighted by Crippen LogP contribution is 2.55. The minimum Gasteiger partial charge on any atom is -0.508 e. The number of carbonyl (C=O) groups is 2. The second-order valence-electron chi connectivity index (χ2n) is 9.71. The summed E-state index contributed by atoms with van der Waals surface area (Å²) in [6.07, 6.45) is 3.76. The summed E-state index contributed by atoms with van der Waals surface area (Å²) < 4.78 is 17.6. The van der Waals surface area contributed by atoms with Crippen molar-refractivity contribution in [3.8, 4) is 17.2 Å². The molecule has 0 aromatic heterocycles. The zero-order valence-electron chi connectivity index (χ0n) is 20.3. The molecule has 5 rings (SSSR count). The van der Waals surface area contributed by atoms with Gasteiger partial charge in [-0.25, -0.2) is 9.59 Å². The van der Waals surface area contributed by atoms with E-state index in [9.17, 15) is 19.8 Å². The van der Waals surface area contributed by atoms with Crippen LogP contribution in [-0.2, 0) is 27.9 Å². The van der Waals surface area contributed by atoms with E-state index in [1.54, 1.807) is 19.2 Å². The Bertz CT molecular complexity index is 1200. The van der Waals surface area contributed by atoms with Crippen molar-refractivity contribution in [2.75, 3.05) is 20.7 Å². The highest BCUT2D eigenvalue weighted by Gasteiger charge is 2.53. The maximum absolute atomic E-state index is 12.7. The zero-order valence-corrected chi connectivity index (χ0v) is 20.3. The van der Waals surface area contributed by atoms with Gasteiger partial charge in [0.05, 0.1) is 12.5 Å². The Hall–Kier alpha value is -3.72. The summed E-state index contributed by atoms with van der Waals surface area (Å²) in [6.45, 7) is 1.71. The van der Waals surface area contributed by atoms with Crippen molar-refractivity contribution >= 4 is 12.1 Å². The fourth-order valence-corrected chi connectivity index (χ4v) is 5.53. The largest absolute Gasteiger partial charge is 0.508 e. The quantitative estimate of drug-likeness (QED) is 0.525. The Morgan fingerprint density at radius 3 is 2.75 bits per heavy atom. The molecule has 0 saturated heterocycles. The average Bonchev–Trinajstić information content (AvgIpc) is 3.11. The number of carboxylic acids is 1. The summed E-state index contributed by atoms with van der Waals surface area (Å²) in [5, 5.41) is 21.5. The van der Waals surface area contributed by atoms with Gasteiger partial charge in [0.25, 0.3) is 0 Å². The molecule has 9 nitrogen and oxygen atoms in total. The molecule has 3 N–H and O–H groups in total. The number of ether oxygens (including phenoxy) is 3. The van der Waals surface area contributed by atoms with E-state index < -0.39 is 24.2 Å². The van der Waals surface area contributed by atoms with E-state index in [1.165, 1.54) is 17.7 Å². The predicted octanol–water partition coefficient (Wildman–Crippen LogP) is 2.99. The zero-order chi connectivity index (χ0) is 25.4. The summed E-state index contributed by atoms with van der Waals surface area (Å²) in [5.74, 6) is 0.357. The van der Waals surface area contributed by atoms with Crippen molar-refractivity contribution in [3.05, 3.63) is 65.2 Å². The number of aromatic hydroxyl groups is 1. The fourth-order valence-electron chi connectivity index (χ4n) is 5.53. The second-order valence-corrected chi connectivity index (χ2v) is 9.71. The van der Waals surface area contributed by atoms with Crippen molar-refractivity contribution in [2.24, 2.45) is 0 Å². The minimum absolute atomic E-state index is 0.0610. The number of nitrogens with zero attached hydrogens (tertiary/aromatic N) is 1. The summed E-state index contributed by atoms with van der Waals surface area (Å²) in [4.78, 5) is 26.7. The van der Waals surface area contributed by atoms with Crippen LogP contribution in [0, 0.1) is 0 Å². The third-order valence-corrected chi connectivity index (χ3v) is 7.35. The van der Waals surface area contributed by atoms with Gasteiger partial charge in [-0.1, -0.05) is 24.3 Å². The number of carbonyl (C=O) groups excluding carboxylic acids is 1. The lowest BCUT2D eigenvalue weighted by Crippen LogP contribution is -2.46. The van der Waals surface area contributed by atoms with Crippen LogP contribution < -0.4 is 14.8 Å². The van der Waals surface area contributed by atoms with E-state index in [0.29, 0.717) is 17.7 Å². The smallest absolute Gasteiger partial charge is 0.408 e. The molecular formula is C27H30N2O7. The lowest BCUT2D eigenvalue weighted by molar-refractivity contribution is -0.139. The van der Waals surface area contributed by atoms with Gasteiger partial charge < -0.3 is 34.6 Å².